The van der Waals surface area contributed by atoms with Gasteiger partial charge in [-0.05, 0) is 43.5 Å². The number of carbonyl (C=O) groups is 2. The number of rotatable bonds is 6. The third-order valence-corrected chi connectivity index (χ3v) is 4.75. The quantitative estimate of drug-likeness (QED) is 0.761. The van der Waals surface area contributed by atoms with E-state index in [9.17, 15) is 9.59 Å². The molecule has 1 aromatic rings. The maximum absolute atomic E-state index is 12.3. The third-order valence-electron chi connectivity index (χ3n) is 3.18. The van der Waals surface area contributed by atoms with Gasteiger partial charge in [0.15, 0.2) is 0 Å². The van der Waals surface area contributed by atoms with Crippen molar-refractivity contribution in [3.05, 3.63) is 28.2 Å². The maximum Gasteiger partial charge on any atom is 0.289 e. The summed E-state index contributed by atoms with van der Waals surface area (Å²) < 4.78 is 6.54. The average molecular weight is 372 g/mol. The highest BCUT2D eigenvalue weighted by Crippen LogP contribution is 2.33. The molecule has 0 unspecified atom stereocenters. The van der Waals surface area contributed by atoms with Crippen molar-refractivity contribution >= 4 is 38.8 Å². The van der Waals surface area contributed by atoms with E-state index in [4.69, 9.17) is 4.74 Å². The van der Waals surface area contributed by atoms with Gasteiger partial charge < -0.3 is 4.74 Å². The number of hydrogen-bond acceptors (Lipinski definition) is 4. The van der Waals surface area contributed by atoms with Crippen molar-refractivity contribution in [2.45, 2.75) is 31.9 Å². The van der Waals surface area contributed by atoms with Gasteiger partial charge in [-0.15, -0.1) is 0 Å². The van der Waals surface area contributed by atoms with Gasteiger partial charge in [-0.1, -0.05) is 34.6 Å². The number of benzene rings is 1. The SMILES string of the molecule is CCCN1C(=O)S[C@@H](Cc2cc(Br)ccc2OCC)C1=O. The van der Waals surface area contributed by atoms with Crippen molar-refractivity contribution in [3.63, 3.8) is 0 Å². The second-order valence-corrected chi connectivity index (χ2v) is 6.82. The van der Waals surface area contributed by atoms with Crippen LogP contribution < -0.4 is 4.74 Å². The molecule has 21 heavy (non-hydrogen) atoms. The van der Waals surface area contributed by atoms with Gasteiger partial charge >= 0.3 is 0 Å². The van der Waals surface area contributed by atoms with Gasteiger partial charge in [-0.2, -0.15) is 0 Å². The van der Waals surface area contributed by atoms with E-state index in [1.165, 1.54) is 4.90 Å². The smallest absolute Gasteiger partial charge is 0.289 e. The largest absolute Gasteiger partial charge is 0.494 e. The van der Waals surface area contributed by atoms with Crippen LogP contribution in [0, 0.1) is 0 Å². The molecule has 0 bridgehead atoms. The number of halogens is 1. The minimum absolute atomic E-state index is 0.0886. The summed E-state index contributed by atoms with van der Waals surface area (Å²) in [6, 6.07) is 5.75. The first-order valence-electron chi connectivity index (χ1n) is 7.00. The Kier molecular flexibility index (Phi) is 5.70. The lowest BCUT2D eigenvalue weighted by molar-refractivity contribution is -0.126. The fraction of sp³-hybridized carbons (Fsp3) is 0.467. The van der Waals surface area contributed by atoms with Crippen molar-refractivity contribution in [2.24, 2.45) is 0 Å². The van der Waals surface area contributed by atoms with Crippen LogP contribution in [0.2, 0.25) is 0 Å². The van der Waals surface area contributed by atoms with Gasteiger partial charge in [0.25, 0.3) is 5.24 Å². The second-order valence-electron chi connectivity index (χ2n) is 4.75. The molecule has 1 saturated heterocycles. The average Bonchev–Trinajstić information content (AvgIpc) is 2.70. The van der Waals surface area contributed by atoms with Gasteiger partial charge in [0.05, 0.1) is 11.9 Å². The lowest BCUT2D eigenvalue weighted by atomic mass is 10.1. The normalized spacial score (nSPS) is 18.4. The molecule has 0 aromatic heterocycles. The van der Waals surface area contributed by atoms with Crippen molar-refractivity contribution in [2.75, 3.05) is 13.2 Å². The Morgan fingerprint density at radius 2 is 2.10 bits per heavy atom. The molecule has 114 valence electrons. The summed E-state index contributed by atoms with van der Waals surface area (Å²) in [4.78, 5) is 25.5. The summed E-state index contributed by atoms with van der Waals surface area (Å²) in [7, 11) is 0. The predicted molar refractivity (Wildman–Crippen MR) is 87.8 cm³/mol. The molecule has 0 saturated carbocycles. The highest BCUT2D eigenvalue weighted by atomic mass is 79.9. The molecule has 2 rings (SSSR count). The Bertz CT molecular complexity index is 550. The molecule has 0 N–H and O–H groups in total. The summed E-state index contributed by atoms with van der Waals surface area (Å²) in [6.45, 7) is 4.95. The molecule has 0 radical (unpaired) electrons. The minimum atomic E-state index is -0.349. The fourth-order valence-corrected chi connectivity index (χ4v) is 3.71. The first-order chi connectivity index (χ1) is 10.1. The Labute approximate surface area is 137 Å². The maximum atomic E-state index is 12.3. The lowest BCUT2D eigenvalue weighted by Crippen LogP contribution is -2.32. The molecule has 1 aromatic carbocycles. The Balaban J connectivity index is 2.17. The van der Waals surface area contributed by atoms with Crippen LogP contribution in [0.1, 0.15) is 25.8 Å². The second kappa shape index (κ2) is 7.31. The molecule has 6 heteroatoms. The number of nitrogens with zero attached hydrogens (tertiary/aromatic N) is 1. The molecule has 2 amide bonds. The Hall–Kier alpha value is -1.01. The fourth-order valence-electron chi connectivity index (χ4n) is 2.26. The van der Waals surface area contributed by atoms with Crippen LogP contribution in [0.3, 0.4) is 0 Å². The van der Waals surface area contributed by atoms with Crippen LogP contribution in [0.25, 0.3) is 0 Å². The van der Waals surface area contributed by atoms with Crippen LogP contribution in [0.5, 0.6) is 5.75 Å². The van der Waals surface area contributed by atoms with E-state index in [1.807, 2.05) is 32.0 Å². The molecule has 1 aliphatic heterocycles. The summed E-state index contributed by atoms with van der Waals surface area (Å²) in [5, 5.41) is -0.489. The summed E-state index contributed by atoms with van der Waals surface area (Å²) in [5.41, 5.74) is 0.947. The van der Waals surface area contributed by atoms with E-state index in [0.29, 0.717) is 19.6 Å². The zero-order valence-corrected chi connectivity index (χ0v) is 14.5. The van der Waals surface area contributed by atoms with Gasteiger partial charge in [-0.25, -0.2) is 0 Å². The van der Waals surface area contributed by atoms with Crippen LogP contribution in [0.4, 0.5) is 4.79 Å². The molecule has 0 spiro atoms. The van der Waals surface area contributed by atoms with Crippen molar-refractivity contribution in [1.29, 1.82) is 0 Å². The summed E-state index contributed by atoms with van der Waals surface area (Å²) in [6.07, 6.45) is 1.29. The van der Waals surface area contributed by atoms with Gasteiger partial charge in [0.2, 0.25) is 5.91 Å². The standard InChI is InChI=1S/C15H18BrNO3S/c1-3-7-17-14(18)13(21-15(17)19)9-10-8-11(16)5-6-12(10)20-4-2/h5-6,8,13H,3-4,7,9H2,1-2H3/t13-/m0/s1. The topological polar surface area (TPSA) is 46.6 Å². The number of amides is 2. The zero-order valence-electron chi connectivity index (χ0n) is 12.1. The van der Waals surface area contributed by atoms with Gasteiger partial charge in [0.1, 0.15) is 5.75 Å². The van der Waals surface area contributed by atoms with E-state index in [2.05, 4.69) is 15.9 Å². The number of imide groups is 1. The van der Waals surface area contributed by atoms with E-state index in [-0.39, 0.29) is 16.4 Å². The van der Waals surface area contributed by atoms with E-state index < -0.39 is 0 Å². The predicted octanol–water partition coefficient (Wildman–Crippen LogP) is 3.86. The van der Waals surface area contributed by atoms with Crippen molar-refractivity contribution in [1.82, 2.24) is 4.90 Å². The minimum Gasteiger partial charge on any atom is -0.494 e. The highest BCUT2D eigenvalue weighted by Gasteiger charge is 2.39. The number of ether oxygens (including phenoxy) is 1. The molecule has 4 nitrogen and oxygen atoms in total. The molecule has 1 aliphatic rings. The zero-order chi connectivity index (χ0) is 15.4. The Morgan fingerprint density at radius 1 is 1.33 bits per heavy atom. The van der Waals surface area contributed by atoms with E-state index >= 15 is 0 Å². The molecular formula is C15H18BrNO3S. The molecule has 0 aliphatic carbocycles. The number of carbonyl (C=O) groups excluding carboxylic acids is 2. The van der Waals surface area contributed by atoms with Crippen LogP contribution >= 0.6 is 27.7 Å². The first kappa shape index (κ1) is 16.4. The monoisotopic (exact) mass is 371 g/mol. The van der Waals surface area contributed by atoms with Crippen molar-refractivity contribution < 1.29 is 14.3 Å². The highest BCUT2D eigenvalue weighted by molar-refractivity contribution is 9.10. The van der Waals surface area contributed by atoms with Crippen LogP contribution in [-0.4, -0.2) is 34.4 Å². The summed E-state index contributed by atoms with van der Waals surface area (Å²) in [5.74, 6) is 0.685. The third kappa shape index (κ3) is 3.80. The van der Waals surface area contributed by atoms with Gasteiger partial charge in [-0.3, -0.25) is 14.5 Å². The van der Waals surface area contributed by atoms with Gasteiger partial charge in [0, 0.05) is 11.0 Å². The van der Waals surface area contributed by atoms with Crippen molar-refractivity contribution in [3.8, 4) is 5.75 Å². The van der Waals surface area contributed by atoms with E-state index in [0.717, 1.165) is 34.0 Å². The number of thioether (sulfide) groups is 1. The molecule has 1 atom stereocenters. The molecule has 1 heterocycles. The Morgan fingerprint density at radius 3 is 2.76 bits per heavy atom. The molecule has 1 fully saturated rings. The molecular weight excluding hydrogens is 354 g/mol. The lowest BCUT2D eigenvalue weighted by Gasteiger charge is -2.14. The number of hydrogen-bond donors (Lipinski definition) is 0. The van der Waals surface area contributed by atoms with Crippen LogP contribution in [-0.2, 0) is 11.2 Å². The first-order valence-corrected chi connectivity index (χ1v) is 8.67. The van der Waals surface area contributed by atoms with Crippen LogP contribution in [0.15, 0.2) is 22.7 Å². The summed E-state index contributed by atoms with van der Waals surface area (Å²) >= 11 is 4.55. The van der Waals surface area contributed by atoms with E-state index in [1.54, 1.807) is 0 Å².